The first kappa shape index (κ1) is 27.1. The second-order valence-electron chi connectivity index (χ2n) is 8.35. The molecule has 0 aliphatic heterocycles. The Labute approximate surface area is 215 Å². The van der Waals surface area contributed by atoms with E-state index in [9.17, 15) is 14.4 Å². The van der Waals surface area contributed by atoms with Crippen molar-refractivity contribution >= 4 is 23.4 Å². The Morgan fingerprint density at radius 1 is 0.919 bits per heavy atom. The van der Waals surface area contributed by atoms with Gasteiger partial charge in [-0.3, -0.25) is 24.5 Å². The van der Waals surface area contributed by atoms with E-state index >= 15 is 0 Å². The number of hydrogen-bond acceptors (Lipinski definition) is 6. The number of anilines is 1. The number of hydrogen-bond donors (Lipinski definition) is 5. The Hall–Kier alpha value is -4.49. The third-order valence-corrected chi connectivity index (χ3v) is 5.34. The van der Waals surface area contributed by atoms with Gasteiger partial charge in [0.05, 0.1) is 6.54 Å². The second-order valence-corrected chi connectivity index (χ2v) is 8.35. The predicted octanol–water partition coefficient (Wildman–Crippen LogP) is 1.72. The van der Waals surface area contributed by atoms with E-state index < -0.39 is 17.9 Å². The highest BCUT2D eigenvalue weighted by Gasteiger charge is 2.19. The van der Waals surface area contributed by atoms with E-state index in [0.29, 0.717) is 23.4 Å². The maximum atomic E-state index is 12.4. The molecule has 9 heteroatoms. The summed E-state index contributed by atoms with van der Waals surface area (Å²) in [5.41, 5.74) is 10.5. The number of likely N-dealkylation sites (N-methyl/N-ethyl adjacent to an activating group) is 1. The maximum absolute atomic E-state index is 12.4. The van der Waals surface area contributed by atoms with Crippen molar-refractivity contribution in [3.05, 3.63) is 101 Å². The number of carbonyl (C=O) groups excluding carboxylic acids is 3. The van der Waals surface area contributed by atoms with Crippen molar-refractivity contribution in [2.75, 3.05) is 25.5 Å². The largest absolute Gasteiger partial charge is 0.339 e. The smallest absolute Gasteiger partial charge is 0.267 e. The van der Waals surface area contributed by atoms with Crippen molar-refractivity contribution in [1.29, 1.82) is 0 Å². The van der Waals surface area contributed by atoms with Crippen molar-refractivity contribution in [2.45, 2.75) is 12.6 Å². The van der Waals surface area contributed by atoms with Crippen LogP contribution in [0.1, 0.15) is 27.0 Å². The van der Waals surface area contributed by atoms with Crippen LogP contribution in [-0.4, -0.2) is 54.0 Å². The topological polar surface area (TPSA) is 137 Å². The number of nitrogens with zero attached hydrogens (tertiary/aromatic N) is 1. The summed E-state index contributed by atoms with van der Waals surface area (Å²) in [7, 11) is 1.90. The number of rotatable bonds is 9. The fourth-order valence-electron chi connectivity index (χ4n) is 3.43. The fourth-order valence-corrected chi connectivity index (χ4v) is 3.43. The first-order valence-corrected chi connectivity index (χ1v) is 11.6. The number of benzene rings is 3. The van der Waals surface area contributed by atoms with Crippen molar-refractivity contribution in [3.63, 3.8) is 0 Å². The molecule has 3 aromatic rings. The summed E-state index contributed by atoms with van der Waals surface area (Å²) >= 11 is 0. The summed E-state index contributed by atoms with van der Waals surface area (Å²) in [5, 5.41) is 14.0. The van der Waals surface area contributed by atoms with Gasteiger partial charge in [0.1, 0.15) is 6.04 Å². The van der Waals surface area contributed by atoms with Crippen LogP contribution in [-0.2, 0) is 16.1 Å². The molecule has 0 saturated carbocycles. The molecule has 0 aliphatic carbocycles. The van der Waals surface area contributed by atoms with Crippen LogP contribution in [0.4, 0.5) is 5.69 Å². The molecule has 3 rings (SSSR count). The monoisotopic (exact) mass is 499 g/mol. The molecular formula is C28H29N5O4. The summed E-state index contributed by atoms with van der Waals surface area (Å²) in [6.07, 6.45) is 0. The molecule has 9 nitrogen and oxygen atoms in total. The molecule has 0 spiro atoms. The molecule has 0 aliphatic rings. The van der Waals surface area contributed by atoms with Gasteiger partial charge in [0.15, 0.2) is 0 Å². The first-order valence-electron chi connectivity index (χ1n) is 11.6. The highest BCUT2D eigenvalue weighted by Crippen LogP contribution is 2.10. The van der Waals surface area contributed by atoms with Crippen molar-refractivity contribution < 1.29 is 19.6 Å². The zero-order valence-electron chi connectivity index (χ0n) is 20.4. The lowest BCUT2D eigenvalue weighted by Gasteiger charge is -2.16. The molecule has 0 unspecified atom stereocenters. The molecule has 6 N–H and O–H groups in total. The van der Waals surface area contributed by atoms with E-state index in [-0.39, 0.29) is 19.0 Å². The van der Waals surface area contributed by atoms with Gasteiger partial charge in [-0.05, 0) is 61.1 Å². The average molecular weight is 500 g/mol. The Morgan fingerprint density at radius 3 is 2.08 bits per heavy atom. The highest BCUT2D eigenvalue weighted by molar-refractivity contribution is 5.97. The van der Waals surface area contributed by atoms with Gasteiger partial charge in [-0.1, -0.05) is 42.2 Å². The Kier molecular flexibility index (Phi) is 9.93. The van der Waals surface area contributed by atoms with E-state index in [2.05, 4.69) is 22.5 Å². The van der Waals surface area contributed by atoms with Crippen LogP contribution < -0.4 is 21.8 Å². The van der Waals surface area contributed by atoms with Crippen LogP contribution in [0.5, 0.6) is 0 Å². The van der Waals surface area contributed by atoms with Crippen LogP contribution in [0.2, 0.25) is 0 Å². The minimum absolute atomic E-state index is 0.101. The van der Waals surface area contributed by atoms with Gasteiger partial charge in [-0.15, -0.1) is 0 Å². The van der Waals surface area contributed by atoms with Gasteiger partial charge in [-0.2, -0.15) is 0 Å². The molecule has 37 heavy (non-hydrogen) atoms. The molecule has 190 valence electrons. The van der Waals surface area contributed by atoms with Crippen LogP contribution in [0.15, 0.2) is 78.9 Å². The second kappa shape index (κ2) is 13.6. The fraction of sp³-hybridized carbons (Fsp3) is 0.179. The van der Waals surface area contributed by atoms with Gasteiger partial charge in [0, 0.05) is 35.5 Å². The van der Waals surface area contributed by atoms with Crippen molar-refractivity contribution in [2.24, 2.45) is 5.73 Å². The van der Waals surface area contributed by atoms with Gasteiger partial charge in [0.2, 0.25) is 5.91 Å². The SMILES string of the molecule is CN(CC(=O)Nc1ccc(C#Cc2ccc(C(=O)N[C@@H](CN)C(=O)NO)cc2)cc1)Cc1ccccc1. The summed E-state index contributed by atoms with van der Waals surface area (Å²) in [5.74, 6) is 4.68. The molecule has 3 amide bonds. The minimum Gasteiger partial charge on any atom is -0.339 e. The third kappa shape index (κ3) is 8.59. The first-order chi connectivity index (χ1) is 17.9. The van der Waals surface area contributed by atoms with Crippen LogP contribution in [0.3, 0.4) is 0 Å². The molecule has 1 atom stereocenters. The Morgan fingerprint density at radius 2 is 1.51 bits per heavy atom. The number of nitrogens with one attached hydrogen (secondary N) is 3. The van der Waals surface area contributed by atoms with Crippen LogP contribution in [0.25, 0.3) is 0 Å². The number of hydroxylamine groups is 1. The number of nitrogens with two attached hydrogens (primary N) is 1. The average Bonchev–Trinajstić information content (AvgIpc) is 2.91. The van der Waals surface area contributed by atoms with Crippen molar-refractivity contribution in [3.8, 4) is 11.8 Å². The molecule has 3 aromatic carbocycles. The molecule has 0 fully saturated rings. The molecule has 0 heterocycles. The summed E-state index contributed by atoms with van der Waals surface area (Å²) in [6, 6.07) is 22.7. The standard InChI is InChI=1S/C28H29N5O4/c1-33(18-22-5-3-2-4-6-22)19-26(34)30-24-15-11-21(12-16-24)8-7-20-9-13-23(14-10-20)27(35)31-25(17-29)28(36)32-37/h2-6,9-16,25,37H,17-19,29H2,1H3,(H,30,34)(H,31,35)(H,32,36)/t25-/m0/s1. The van der Waals surface area contributed by atoms with E-state index in [1.54, 1.807) is 36.4 Å². The van der Waals surface area contributed by atoms with E-state index in [1.807, 2.05) is 54.4 Å². The van der Waals surface area contributed by atoms with Gasteiger partial charge in [0.25, 0.3) is 11.8 Å². The van der Waals surface area contributed by atoms with Gasteiger partial charge >= 0.3 is 0 Å². The van der Waals surface area contributed by atoms with Crippen LogP contribution in [0, 0.1) is 11.8 Å². The van der Waals surface area contributed by atoms with E-state index in [4.69, 9.17) is 10.9 Å². The Balaban J connectivity index is 1.52. The predicted molar refractivity (Wildman–Crippen MR) is 141 cm³/mol. The lowest BCUT2D eigenvalue weighted by molar-refractivity contribution is -0.130. The molecule has 0 radical (unpaired) electrons. The quantitative estimate of drug-likeness (QED) is 0.173. The lowest BCUT2D eigenvalue weighted by Crippen LogP contribution is -2.50. The normalized spacial score (nSPS) is 11.1. The number of carbonyl (C=O) groups is 3. The molecular weight excluding hydrogens is 470 g/mol. The zero-order valence-corrected chi connectivity index (χ0v) is 20.4. The van der Waals surface area contributed by atoms with Crippen molar-refractivity contribution in [1.82, 2.24) is 15.7 Å². The molecule has 0 saturated heterocycles. The summed E-state index contributed by atoms with van der Waals surface area (Å²) in [6.45, 7) is 0.797. The Bertz CT molecular complexity index is 1270. The maximum Gasteiger partial charge on any atom is 0.267 e. The summed E-state index contributed by atoms with van der Waals surface area (Å²) < 4.78 is 0. The third-order valence-electron chi connectivity index (χ3n) is 5.34. The van der Waals surface area contributed by atoms with Gasteiger partial charge < -0.3 is 16.4 Å². The number of amides is 3. The lowest BCUT2D eigenvalue weighted by atomic mass is 10.1. The van der Waals surface area contributed by atoms with E-state index in [0.717, 1.165) is 11.1 Å². The molecule has 0 aromatic heterocycles. The van der Waals surface area contributed by atoms with Gasteiger partial charge in [-0.25, -0.2) is 5.48 Å². The highest BCUT2D eigenvalue weighted by atomic mass is 16.5. The molecule has 0 bridgehead atoms. The van der Waals surface area contributed by atoms with Crippen LogP contribution >= 0.6 is 0 Å². The summed E-state index contributed by atoms with van der Waals surface area (Å²) in [4.78, 5) is 38.1. The minimum atomic E-state index is -1.04. The zero-order chi connectivity index (χ0) is 26.6. The van der Waals surface area contributed by atoms with E-state index in [1.165, 1.54) is 5.48 Å².